The number of benzene rings is 2. The summed E-state index contributed by atoms with van der Waals surface area (Å²) in [6.45, 7) is 1.98. The Morgan fingerprint density at radius 1 is 1.24 bits per heavy atom. The zero-order valence-corrected chi connectivity index (χ0v) is 14.8. The topological polar surface area (TPSA) is 85.1 Å². The lowest BCUT2D eigenvalue weighted by Crippen LogP contribution is -2.12. The first-order valence-corrected chi connectivity index (χ1v) is 8.96. The first-order chi connectivity index (χ1) is 12.0. The molecule has 1 aromatic heterocycles. The van der Waals surface area contributed by atoms with Gasteiger partial charge in [-0.05, 0) is 31.2 Å². The average Bonchev–Trinajstić information content (AvgIpc) is 3.10. The Morgan fingerprint density at radius 3 is 2.64 bits per heavy atom. The molecule has 3 rings (SSSR count). The first kappa shape index (κ1) is 17.1. The van der Waals surface area contributed by atoms with Crippen molar-refractivity contribution in [2.24, 2.45) is 0 Å². The van der Waals surface area contributed by atoms with E-state index in [0.29, 0.717) is 10.0 Å². The van der Waals surface area contributed by atoms with Crippen molar-refractivity contribution in [2.45, 2.75) is 16.7 Å². The van der Waals surface area contributed by atoms with E-state index in [0.717, 1.165) is 10.5 Å². The maximum Gasteiger partial charge on any atom is 0.284 e. The van der Waals surface area contributed by atoms with Crippen molar-refractivity contribution in [1.82, 2.24) is 4.98 Å². The van der Waals surface area contributed by atoms with Crippen LogP contribution in [0.5, 0.6) is 0 Å². The van der Waals surface area contributed by atoms with Crippen LogP contribution in [0, 0.1) is 17.0 Å². The quantitative estimate of drug-likeness (QED) is 0.516. The Labute approximate surface area is 152 Å². The number of nitro groups is 1. The van der Waals surface area contributed by atoms with E-state index in [2.05, 4.69) is 10.3 Å². The molecule has 0 aliphatic carbocycles. The lowest BCUT2D eigenvalue weighted by molar-refractivity contribution is -0.387. The van der Waals surface area contributed by atoms with E-state index >= 15 is 0 Å². The van der Waals surface area contributed by atoms with Crippen LogP contribution in [-0.4, -0.2) is 15.8 Å². The van der Waals surface area contributed by atoms with E-state index < -0.39 is 10.8 Å². The smallest absolute Gasteiger partial charge is 0.284 e. The third kappa shape index (κ3) is 4.23. The molecule has 2 aromatic carbocycles. The van der Waals surface area contributed by atoms with Gasteiger partial charge >= 0.3 is 0 Å². The predicted octanol–water partition coefficient (Wildman–Crippen LogP) is 4.76. The summed E-state index contributed by atoms with van der Waals surface area (Å²) in [7, 11) is 0. The summed E-state index contributed by atoms with van der Waals surface area (Å²) in [6, 6.07) is 12.2. The molecule has 126 valence electrons. The number of anilines is 1. The number of nitrogens with one attached hydrogen (secondary N) is 1. The molecule has 0 aliphatic heterocycles. The molecule has 0 bridgehead atoms. The molecule has 0 unspecified atom stereocenters. The number of hydrogen-bond donors (Lipinski definition) is 1. The fourth-order valence-electron chi connectivity index (χ4n) is 2.08. The molecule has 0 saturated heterocycles. The molecule has 8 heteroatoms. The fraction of sp³-hybridized carbons (Fsp3) is 0.0588. The molecule has 0 atom stereocenters. The fourth-order valence-corrected chi connectivity index (χ4v) is 3.50. The van der Waals surface area contributed by atoms with Crippen LogP contribution in [0.25, 0.3) is 0 Å². The van der Waals surface area contributed by atoms with Crippen molar-refractivity contribution < 1.29 is 9.72 Å². The van der Waals surface area contributed by atoms with Gasteiger partial charge in [0.2, 0.25) is 0 Å². The van der Waals surface area contributed by atoms with Crippen LogP contribution in [0.2, 0.25) is 0 Å². The number of thiazole rings is 1. The van der Waals surface area contributed by atoms with Gasteiger partial charge in [-0.3, -0.25) is 20.2 Å². The minimum atomic E-state index is -0.476. The third-order valence-corrected chi connectivity index (χ3v) is 5.08. The number of aromatic nitrogens is 1. The minimum absolute atomic E-state index is 0.0997. The van der Waals surface area contributed by atoms with Crippen LogP contribution in [0.1, 0.15) is 15.9 Å². The highest BCUT2D eigenvalue weighted by atomic mass is 32.2. The van der Waals surface area contributed by atoms with Gasteiger partial charge < -0.3 is 0 Å². The standard InChI is InChI=1S/C17H13N3O3S2/c1-11-2-5-13(6-3-11)25-15-7-4-12(10-14(15)20(22)23)16(21)19-17-18-8-9-24-17/h2-10H,1H3,(H,18,19,21). The number of rotatable bonds is 5. The highest BCUT2D eigenvalue weighted by molar-refractivity contribution is 7.99. The van der Waals surface area contributed by atoms with E-state index in [1.807, 2.05) is 31.2 Å². The Hall–Kier alpha value is -2.71. The summed E-state index contributed by atoms with van der Waals surface area (Å²) in [4.78, 5) is 28.5. The molecular weight excluding hydrogens is 358 g/mol. The van der Waals surface area contributed by atoms with Crippen molar-refractivity contribution in [3.8, 4) is 0 Å². The summed E-state index contributed by atoms with van der Waals surface area (Å²) >= 11 is 2.57. The molecule has 0 radical (unpaired) electrons. The van der Waals surface area contributed by atoms with E-state index in [-0.39, 0.29) is 11.3 Å². The number of carbonyl (C=O) groups excluding carboxylic acids is 1. The Balaban J connectivity index is 1.86. The second-order valence-electron chi connectivity index (χ2n) is 5.15. The van der Waals surface area contributed by atoms with E-state index in [1.54, 1.807) is 23.7 Å². The van der Waals surface area contributed by atoms with Gasteiger partial charge in [-0.15, -0.1) is 11.3 Å². The van der Waals surface area contributed by atoms with Crippen LogP contribution in [0.15, 0.2) is 63.8 Å². The van der Waals surface area contributed by atoms with Gasteiger partial charge in [-0.2, -0.15) is 0 Å². The van der Waals surface area contributed by atoms with Gasteiger partial charge in [0, 0.05) is 28.1 Å². The predicted molar refractivity (Wildman–Crippen MR) is 98.5 cm³/mol. The highest BCUT2D eigenvalue weighted by Crippen LogP contribution is 2.35. The molecule has 0 saturated carbocycles. The molecule has 0 aliphatic rings. The normalized spacial score (nSPS) is 10.4. The minimum Gasteiger partial charge on any atom is -0.298 e. The van der Waals surface area contributed by atoms with Crippen molar-refractivity contribution >= 4 is 39.8 Å². The van der Waals surface area contributed by atoms with Crippen molar-refractivity contribution in [2.75, 3.05) is 5.32 Å². The van der Waals surface area contributed by atoms with Crippen molar-refractivity contribution in [3.05, 3.63) is 75.3 Å². The maximum atomic E-state index is 12.2. The molecule has 1 amide bonds. The zero-order chi connectivity index (χ0) is 17.8. The van der Waals surface area contributed by atoms with Crippen molar-refractivity contribution in [3.63, 3.8) is 0 Å². The van der Waals surface area contributed by atoms with E-state index in [1.165, 1.54) is 29.2 Å². The molecule has 1 heterocycles. The summed E-state index contributed by atoms with van der Waals surface area (Å²) in [6.07, 6.45) is 1.57. The average molecular weight is 371 g/mol. The van der Waals surface area contributed by atoms with Crippen LogP contribution < -0.4 is 5.32 Å². The number of nitrogens with zero attached hydrogens (tertiary/aromatic N) is 2. The Bertz CT molecular complexity index is 909. The highest BCUT2D eigenvalue weighted by Gasteiger charge is 2.19. The SMILES string of the molecule is Cc1ccc(Sc2ccc(C(=O)Nc3nccs3)cc2[N+](=O)[O-])cc1. The summed E-state index contributed by atoms with van der Waals surface area (Å²) in [5.41, 5.74) is 1.24. The third-order valence-electron chi connectivity index (χ3n) is 3.32. The van der Waals surface area contributed by atoms with Gasteiger partial charge in [-0.25, -0.2) is 4.98 Å². The van der Waals surface area contributed by atoms with Gasteiger partial charge in [-0.1, -0.05) is 29.5 Å². The Morgan fingerprint density at radius 2 is 2.00 bits per heavy atom. The largest absolute Gasteiger partial charge is 0.298 e. The summed E-state index contributed by atoms with van der Waals surface area (Å²) < 4.78 is 0. The number of hydrogen-bond acceptors (Lipinski definition) is 6. The Kier molecular flexibility index (Phi) is 5.11. The maximum absolute atomic E-state index is 12.2. The van der Waals surface area contributed by atoms with Crippen LogP contribution in [0.4, 0.5) is 10.8 Å². The number of aryl methyl sites for hydroxylation is 1. The number of amides is 1. The van der Waals surface area contributed by atoms with Gasteiger partial charge in [0.25, 0.3) is 11.6 Å². The van der Waals surface area contributed by atoms with Crippen LogP contribution >= 0.6 is 23.1 Å². The van der Waals surface area contributed by atoms with Gasteiger partial charge in [0.1, 0.15) is 0 Å². The van der Waals surface area contributed by atoms with Crippen molar-refractivity contribution in [1.29, 1.82) is 0 Å². The second-order valence-corrected chi connectivity index (χ2v) is 7.16. The second kappa shape index (κ2) is 7.45. The molecule has 25 heavy (non-hydrogen) atoms. The monoisotopic (exact) mass is 371 g/mol. The van der Waals surface area contributed by atoms with E-state index in [9.17, 15) is 14.9 Å². The van der Waals surface area contributed by atoms with E-state index in [4.69, 9.17) is 0 Å². The zero-order valence-electron chi connectivity index (χ0n) is 13.1. The van der Waals surface area contributed by atoms with Gasteiger partial charge in [0.05, 0.1) is 9.82 Å². The lowest BCUT2D eigenvalue weighted by atomic mass is 10.2. The molecule has 1 N–H and O–H groups in total. The molecule has 0 fully saturated rings. The first-order valence-electron chi connectivity index (χ1n) is 7.27. The molecule has 0 spiro atoms. The molecule has 6 nitrogen and oxygen atoms in total. The summed E-state index contributed by atoms with van der Waals surface area (Å²) in [5, 5.41) is 16.2. The van der Waals surface area contributed by atoms with Crippen LogP contribution in [0.3, 0.4) is 0 Å². The summed E-state index contributed by atoms with van der Waals surface area (Å²) in [5.74, 6) is -0.426. The molecular formula is C17H13N3O3S2. The van der Waals surface area contributed by atoms with Gasteiger partial charge in [0.15, 0.2) is 5.13 Å². The molecule has 3 aromatic rings. The lowest BCUT2D eigenvalue weighted by Gasteiger charge is -2.06. The number of carbonyl (C=O) groups is 1. The number of nitro benzene ring substituents is 1. The van der Waals surface area contributed by atoms with Crippen LogP contribution in [-0.2, 0) is 0 Å².